The van der Waals surface area contributed by atoms with Crippen molar-refractivity contribution >= 4 is 34.7 Å². The first kappa shape index (κ1) is 17.5. The van der Waals surface area contributed by atoms with Gasteiger partial charge in [0, 0.05) is 17.4 Å². The van der Waals surface area contributed by atoms with Crippen LogP contribution in [-0.4, -0.2) is 11.0 Å². The van der Waals surface area contributed by atoms with Gasteiger partial charge in [0.1, 0.15) is 5.02 Å². The first-order valence-electron chi connectivity index (χ1n) is 6.36. The van der Waals surface area contributed by atoms with E-state index in [1.807, 2.05) is 0 Å². The molecule has 2 rings (SSSR count). The molecule has 126 valence electrons. The van der Waals surface area contributed by atoms with Gasteiger partial charge in [0.25, 0.3) is 5.69 Å². The molecule has 0 bridgehead atoms. The third-order valence-corrected chi connectivity index (χ3v) is 3.19. The summed E-state index contributed by atoms with van der Waals surface area (Å²) < 4.78 is 37.3. The van der Waals surface area contributed by atoms with E-state index in [0.29, 0.717) is 0 Å². The van der Waals surface area contributed by atoms with Gasteiger partial charge in [-0.2, -0.15) is 13.2 Å². The predicted octanol–water partition coefficient (Wildman–Crippen LogP) is 4.91. The van der Waals surface area contributed by atoms with Gasteiger partial charge in [-0.15, -0.1) is 0 Å². The smallest absolute Gasteiger partial charge is 0.308 e. The number of hydrogen-bond acceptors (Lipinski definition) is 3. The van der Waals surface area contributed by atoms with Crippen LogP contribution in [0.2, 0.25) is 5.02 Å². The highest BCUT2D eigenvalue weighted by molar-refractivity contribution is 6.32. The van der Waals surface area contributed by atoms with Gasteiger partial charge in [-0.3, -0.25) is 10.1 Å². The number of urea groups is 1. The molecule has 10 heteroatoms. The Morgan fingerprint density at radius 1 is 1.04 bits per heavy atom. The van der Waals surface area contributed by atoms with Crippen LogP contribution in [0.5, 0.6) is 0 Å². The molecule has 2 N–H and O–H groups in total. The molecule has 2 aromatic carbocycles. The highest BCUT2D eigenvalue weighted by atomic mass is 35.5. The van der Waals surface area contributed by atoms with E-state index in [2.05, 4.69) is 10.6 Å². The minimum atomic E-state index is -4.47. The van der Waals surface area contributed by atoms with Crippen molar-refractivity contribution < 1.29 is 22.9 Å². The normalized spacial score (nSPS) is 11.0. The van der Waals surface area contributed by atoms with Crippen molar-refractivity contribution in [3.8, 4) is 0 Å². The number of nitrogens with zero attached hydrogens (tertiary/aromatic N) is 1. The van der Waals surface area contributed by atoms with Gasteiger partial charge in [0.15, 0.2) is 0 Å². The average Bonchev–Trinajstić information content (AvgIpc) is 2.48. The maximum atomic E-state index is 12.4. The minimum Gasteiger partial charge on any atom is -0.308 e. The molecule has 0 aliphatic rings. The van der Waals surface area contributed by atoms with Crippen LogP contribution in [0.4, 0.5) is 35.0 Å². The summed E-state index contributed by atoms with van der Waals surface area (Å²) in [6.07, 6.45) is -4.47. The van der Waals surface area contributed by atoms with Crippen LogP contribution in [0.25, 0.3) is 0 Å². The Morgan fingerprint density at radius 3 is 2.12 bits per heavy atom. The molecule has 0 aliphatic carbocycles. The topological polar surface area (TPSA) is 84.3 Å². The molecule has 0 aromatic heterocycles. The van der Waals surface area contributed by atoms with Crippen molar-refractivity contribution in [2.75, 3.05) is 10.6 Å². The average molecular weight is 360 g/mol. The molecule has 24 heavy (non-hydrogen) atoms. The van der Waals surface area contributed by atoms with E-state index in [1.165, 1.54) is 12.1 Å². The molecule has 0 fully saturated rings. The molecule has 0 atom stereocenters. The zero-order chi connectivity index (χ0) is 17.9. The monoisotopic (exact) mass is 359 g/mol. The predicted molar refractivity (Wildman–Crippen MR) is 82.2 cm³/mol. The van der Waals surface area contributed by atoms with Gasteiger partial charge in [0.05, 0.1) is 10.5 Å². The molecule has 0 saturated heterocycles. The number of nitro benzene ring substituents is 1. The summed E-state index contributed by atoms with van der Waals surface area (Å²) in [6, 6.07) is 6.71. The third kappa shape index (κ3) is 4.35. The van der Waals surface area contributed by atoms with E-state index >= 15 is 0 Å². The minimum absolute atomic E-state index is 0.0892. The largest absolute Gasteiger partial charge is 0.416 e. The van der Waals surface area contributed by atoms with Crippen LogP contribution in [0, 0.1) is 10.1 Å². The fourth-order valence-electron chi connectivity index (χ4n) is 1.77. The SMILES string of the molecule is O=C(Nc1ccc(C(F)(F)F)cc1)Nc1ccc(Cl)c([N+](=O)[O-])c1. The number of nitrogens with one attached hydrogen (secondary N) is 2. The molecule has 0 aliphatic heterocycles. The lowest BCUT2D eigenvalue weighted by molar-refractivity contribution is -0.384. The molecular formula is C14H9ClF3N3O3. The molecule has 6 nitrogen and oxygen atoms in total. The van der Waals surface area contributed by atoms with E-state index in [9.17, 15) is 28.1 Å². The van der Waals surface area contributed by atoms with E-state index in [4.69, 9.17) is 11.6 Å². The number of carbonyl (C=O) groups is 1. The number of amides is 2. The lowest BCUT2D eigenvalue weighted by Crippen LogP contribution is -2.19. The highest BCUT2D eigenvalue weighted by Gasteiger charge is 2.30. The molecular weight excluding hydrogens is 351 g/mol. The summed E-state index contributed by atoms with van der Waals surface area (Å²) in [6.45, 7) is 0. The van der Waals surface area contributed by atoms with E-state index in [0.717, 1.165) is 30.3 Å². The summed E-state index contributed by atoms with van der Waals surface area (Å²) in [5.74, 6) is 0. The second-order valence-corrected chi connectivity index (χ2v) is 4.98. The van der Waals surface area contributed by atoms with Gasteiger partial charge < -0.3 is 10.6 Å². The number of carbonyl (C=O) groups excluding carboxylic acids is 1. The number of nitro groups is 1. The second-order valence-electron chi connectivity index (χ2n) is 4.58. The third-order valence-electron chi connectivity index (χ3n) is 2.87. The standard InChI is InChI=1S/C14H9ClF3N3O3/c15-11-6-5-10(7-12(11)21(23)24)20-13(22)19-9-3-1-8(2-4-9)14(16,17)18/h1-7H,(H2,19,20,22). The Morgan fingerprint density at radius 2 is 1.58 bits per heavy atom. The van der Waals surface area contributed by atoms with Crippen LogP contribution in [0.1, 0.15) is 5.56 Å². The van der Waals surface area contributed by atoms with E-state index in [-0.39, 0.29) is 22.1 Å². The number of alkyl halides is 3. The van der Waals surface area contributed by atoms with Crippen molar-refractivity contribution in [2.45, 2.75) is 6.18 Å². The van der Waals surface area contributed by atoms with E-state index < -0.39 is 22.7 Å². The maximum Gasteiger partial charge on any atom is 0.416 e. The number of anilines is 2. The molecule has 0 spiro atoms. The van der Waals surface area contributed by atoms with Crippen molar-refractivity contribution in [3.63, 3.8) is 0 Å². The fraction of sp³-hybridized carbons (Fsp3) is 0.0714. The number of rotatable bonds is 3. The summed E-state index contributed by atoms with van der Waals surface area (Å²) in [7, 11) is 0. The van der Waals surface area contributed by atoms with Crippen LogP contribution in [0.15, 0.2) is 42.5 Å². The lowest BCUT2D eigenvalue weighted by atomic mass is 10.2. The molecule has 0 radical (unpaired) electrons. The lowest BCUT2D eigenvalue weighted by Gasteiger charge is -2.10. The van der Waals surface area contributed by atoms with E-state index in [1.54, 1.807) is 0 Å². The molecule has 0 heterocycles. The fourth-order valence-corrected chi connectivity index (χ4v) is 1.95. The van der Waals surface area contributed by atoms with Crippen LogP contribution in [0.3, 0.4) is 0 Å². The quantitative estimate of drug-likeness (QED) is 0.603. The van der Waals surface area contributed by atoms with Crippen LogP contribution >= 0.6 is 11.6 Å². The molecule has 0 saturated carbocycles. The first-order valence-corrected chi connectivity index (χ1v) is 6.74. The maximum absolute atomic E-state index is 12.4. The highest BCUT2D eigenvalue weighted by Crippen LogP contribution is 2.30. The zero-order valence-electron chi connectivity index (χ0n) is 11.7. The second kappa shape index (κ2) is 6.75. The van der Waals surface area contributed by atoms with Gasteiger partial charge in [-0.05, 0) is 36.4 Å². The van der Waals surface area contributed by atoms with Gasteiger partial charge in [-0.25, -0.2) is 4.79 Å². The first-order chi connectivity index (χ1) is 11.2. The van der Waals surface area contributed by atoms with Crippen LogP contribution in [-0.2, 0) is 6.18 Å². The van der Waals surface area contributed by atoms with Crippen LogP contribution < -0.4 is 10.6 Å². The van der Waals surface area contributed by atoms with Gasteiger partial charge >= 0.3 is 12.2 Å². The Kier molecular flexibility index (Phi) is 4.93. The van der Waals surface area contributed by atoms with Crippen molar-refractivity contribution in [1.29, 1.82) is 0 Å². The van der Waals surface area contributed by atoms with Crippen molar-refractivity contribution in [2.24, 2.45) is 0 Å². The Bertz CT molecular complexity index is 779. The number of hydrogen-bond donors (Lipinski definition) is 2. The summed E-state index contributed by atoms with van der Waals surface area (Å²) in [4.78, 5) is 21.8. The van der Waals surface area contributed by atoms with Crippen molar-refractivity contribution in [3.05, 3.63) is 63.2 Å². The summed E-state index contributed by atoms with van der Waals surface area (Å²) >= 11 is 5.65. The summed E-state index contributed by atoms with van der Waals surface area (Å²) in [5, 5.41) is 15.3. The Labute approximate surface area is 138 Å². The van der Waals surface area contributed by atoms with Gasteiger partial charge in [0.2, 0.25) is 0 Å². The molecule has 2 amide bonds. The Hall–Kier alpha value is -2.81. The number of halogens is 4. The summed E-state index contributed by atoms with van der Waals surface area (Å²) in [5.41, 5.74) is -0.995. The molecule has 0 unspecified atom stereocenters. The van der Waals surface area contributed by atoms with Gasteiger partial charge in [-0.1, -0.05) is 11.6 Å². The number of benzene rings is 2. The molecule has 2 aromatic rings. The Balaban J connectivity index is 2.06. The van der Waals surface area contributed by atoms with Crippen molar-refractivity contribution in [1.82, 2.24) is 0 Å². The zero-order valence-corrected chi connectivity index (χ0v) is 12.5.